The fraction of sp³-hybridized carbons (Fsp3) is 0.167. The molecule has 0 radical (unpaired) electrons. The summed E-state index contributed by atoms with van der Waals surface area (Å²) in [6.45, 7) is 0. The molecule has 2 nitrogen and oxygen atoms in total. The van der Waals surface area contributed by atoms with Crippen molar-refractivity contribution >= 4 is 32.9 Å². The Bertz CT molecular complexity index is 771. The van der Waals surface area contributed by atoms with Crippen molar-refractivity contribution in [1.82, 2.24) is 0 Å². The Morgan fingerprint density at radius 2 is 1.76 bits per heavy atom. The van der Waals surface area contributed by atoms with Gasteiger partial charge < -0.3 is 4.90 Å². The maximum atomic E-state index is 12.4. The molecule has 106 valence electrons. The molecule has 0 N–H and O–H groups in total. The third-order valence-electron chi connectivity index (χ3n) is 3.62. The van der Waals surface area contributed by atoms with E-state index in [4.69, 9.17) is 0 Å². The maximum Gasteiger partial charge on any atom is 0.167 e. The normalized spacial score (nSPS) is 10.8. The monoisotopic (exact) mass is 295 g/mol. The molecule has 0 amide bonds. The van der Waals surface area contributed by atoms with Crippen LogP contribution in [0, 0.1) is 0 Å². The first-order chi connectivity index (χ1) is 10.1. The SMILES string of the molecule is CN(C)c1ccc(C(=O)Cc2csc3ccccc23)cc1. The fourth-order valence-electron chi connectivity index (χ4n) is 2.39. The number of benzene rings is 2. The zero-order valence-electron chi connectivity index (χ0n) is 12.2. The second-order valence-corrected chi connectivity index (χ2v) is 6.21. The van der Waals surface area contributed by atoms with Gasteiger partial charge >= 0.3 is 0 Å². The van der Waals surface area contributed by atoms with Crippen LogP contribution >= 0.6 is 11.3 Å². The number of anilines is 1. The second-order valence-electron chi connectivity index (χ2n) is 5.30. The standard InChI is InChI=1S/C18H17NOS/c1-19(2)15-9-7-13(8-10-15)17(20)11-14-12-21-18-6-4-3-5-16(14)18/h3-10,12H,11H2,1-2H3. The van der Waals surface area contributed by atoms with E-state index in [1.807, 2.05) is 55.4 Å². The summed E-state index contributed by atoms with van der Waals surface area (Å²) < 4.78 is 1.24. The van der Waals surface area contributed by atoms with Crippen LogP contribution in [-0.2, 0) is 6.42 Å². The van der Waals surface area contributed by atoms with E-state index in [1.165, 1.54) is 10.1 Å². The molecule has 0 bridgehead atoms. The summed E-state index contributed by atoms with van der Waals surface area (Å²) in [4.78, 5) is 14.5. The van der Waals surface area contributed by atoms with Gasteiger partial charge in [0.25, 0.3) is 0 Å². The van der Waals surface area contributed by atoms with Gasteiger partial charge in [0.1, 0.15) is 0 Å². The van der Waals surface area contributed by atoms with Crippen LogP contribution in [0.1, 0.15) is 15.9 Å². The number of fused-ring (bicyclic) bond motifs is 1. The van der Waals surface area contributed by atoms with E-state index in [1.54, 1.807) is 11.3 Å². The van der Waals surface area contributed by atoms with Gasteiger partial charge in [-0.3, -0.25) is 4.79 Å². The molecule has 1 aromatic heterocycles. The zero-order chi connectivity index (χ0) is 14.8. The molecule has 1 heterocycles. The van der Waals surface area contributed by atoms with Gasteiger partial charge in [-0.15, -0.1) is 11.3 Å². The molecule has 21 heavy (non-hydrogen) atoms. The van der Waals surface area contributed by atoms with Gasteiger partial charge in [-0.1, -0.05) is 18.2 Å². The van der Waals surface area contributed by atoms with Crippen molar-refractivity contribution in [3.63, 3.8) is 0 Å². The van der Waals surface area contributed by atoms with Crippen LogP contribution in [0.15, 0.2) is 53.9 Å². The van der Waals surface area contributed by atoms with Crippen LogP contribution in [0.3, 0.4) is 0 Å². The first-order valence-electron chi connectivity index (χ1n) is 6.91. The summed E-state index contributed by atoms with van der Waals surface area (Å²) in [6, 6.07) is 16.0. The number of carbonyl (C=O) groups excluding carboxylic acids is 1. The van der Waals surface area contributed by atoms with E-state index in [2.05, 4.69) is 17.5 Å². The minimum atomic E-state index is 0.170. The third kappa shape index (κ3) is 2.83. The molecular weight excluding hydrogens is 278 g/mol. The number of carbonyl (C=O) groups is 1. The average Bonchev–Trinajstić information content (AvgIpc) is 2.91. The number of ketones is 1. The summed E-state index contributed by atoms with van der Waals surface area (Å²) >= 11 is 1.70. The smallest absolute Gasteiger partial charge is 0.167 e. The molecular formula is C18H17NOS. The molecule has 0 saturated carbocycles. The number of thiophene rings is 1. The van der Waals surface area contributed by atoms with E-state index in [9.17, 15) is 4.79 Å². The van der Waals surface area contributed by atoms with Crippen molar-refractivity contribution in [3.8, 4) is 0 Å². The van der Waals surface area contributed by atoms with Crippen molar-refractivity contribution in [2.75, 3.05) is 19.0 Å². The van der Waals surface area contributed by atoms with Crippen molar-refractivity contribution < 1.29 is 4.79 Å². The molecule has 0 spiro atoms. The minimum Gasteiger partial charge on any atom is -0.378 e. The highest BCUT2D eigenvalue weighted by molar-refractivity contribution is 7.17. The van der Waals surface area contributed by atoms with Gasteiger partial charge in [-0.2, -0.15) is 0 Å². The second kappa shape index (κ2) is 5.70. The van der Waals surface area contributed by atoms with E-state index >= 15 is 0 Å². The summed E-state index contributed by atoms with van der Waals surface area (Å²) in [5.41, 5.74) is 3.00. The van der Waals surface area contributed by atoms with E-state index < -0.39 is 0 Å². The Hall–Kier alpha value is -2.13. The van der Waals surface area contributed by atoms with Crippen LogP contribution in [0.5, 0.6) is 0 Å². The highest BCUT2D eigenvalue weighted by atomic mass is 32.1. The number of Topliss-reactive ketones (excluding diaryl/α,β-unsaturated/α-hetero) is 1. The Kier molecular flexibility index (Phi) is 3.76. The topological polar surface area (TPSA) is 20.3 Å². The van der Waals surface area contributed by atoms with Crippen LogP contribution in [0.4, 0.5) is 5.69 Å². The highest BCUT2D eigenvalue weighted by Crippen LogP contribution is 2.26. The first-order valence-corrected chi connectivity index (χ1v) is 7.79. The summed E-state index contributed by atoms with van der Waals surface area (Å²) in [5, 5.41) is 3.29. The average molecular weight is 295 g/mol. The number of nitrogens with zero attached hydrogens (tertiary/aromatic N) is 1. The highest BCUT2D eigenvalue weighted by Gasteiger charge is 2.11. The Morgan fingerprint density at radius 1 is 1.05 bits per heavy atom. The molecule has 0 atom stereocenters. The van der Waals surface area contributed by atoms with Crippen molar-refractivity contribution in [2.24, 2.45) is 0 Å². The van der Waals surface area contributed by atoms with Crippen LogP contribution in [-0.4, -0.2) is 19.9 Å². The van der Waals surface area contributed by atoms with Crippen molar-refractivity contribution in [2.45, 2.75) is 6.42 Å². The lowest BCUT2D eigenvalue weighted by Gasteiger charge is -2.12. The lowest BCUT2D eigenvalue weighted by molar-refractivity contribution is 0.0993. The third-order valence-corrected chi connectivity index (χ3v) is 4.63. The number of hydrogen-bond acceptors (Lipinski definition) is 3. The first kappa shape index (κ1) is 13.8. The Balaban J connectivity index is 1.83. The minimum absolute atomic E-state index is 0.170. The fourth-order valence-corrected chi connectivity index (χ4v) is 3.35. The van der Waals surface area contributed by atoms with Crippen LogP contribution in [0.2, 0.25) is 0 Å². The van der Waals surface area contributed by atoms with Crippen molar-refractivity contribution in [3.05, 3.63) is 65.0 Å². The molecule has 3 heteroatoms. The van der Waals surface area contributed by atoms with E-state index in [-0.39, 0.29) is 5.78 Å². The van der Waals surface area contributed by atoms with Gasteiger partial charge in [0, 0.05) is 36.5 Å². The van der Waals surface area contributed by atoms with Gasteiger partial charge in [-0.25, -0.2) is 0 Å². The number of rotatable bonds is 4. The van der Waals surface area contributed by atoms with Gasteiger partial charge in [0.05, 0.1) is 0 Å². The van der Waals surface area contributed by atoms with Crippen LogP contribution in [0.25, 0.3) is 10.1 Å². The quantitative estimate of drug-likeness (QED) is 0.665. The lowest BCUT2D eigenvalue weighted by atomic mass is 10.0. The van der Waals surface area contributed by atoms with E-state index in [0.717, 1.165) is 16.8 Å². The van der Waals surface area contributed by atoms with Gasteiger partial charge in [0.15, 0.2) is 5.78 Å². The van der Waals surface area contributed by atoms with Gasteiger partial charge in [-0.05, 0) is 46.7 Å². The van der Waals surface area contributed by atoms with E-state index in [0.29, 0.717) is 6.42 Å². The molecule has 0 saturated heterocycles. The molecule has 0 aliphatic heterocycles. The predicted molar refractivity (Wildman–Crippen MR) is 90.6 cm³/mol. The van der Waals surface area contributed by atoms with Crippen molar-refractivity contribution in [1.29, 1.82) is 0 Å². The molecule has 0 unspecified atom stereocenters. The largest absolute Gasteiger partial charge is 0.378 e. The molecule has 0 aliphatic rings. The Labute approximate surface area is 128 Å². The predicted octanol–water partition coefficient (Wildman–Crippen LogP) is 4.39. The molecule has 0 fully saturated rings. The molecule has 2 aromatic carbocycles. The molecule has 3 aromatic rings. The van der Waals surface area contributed by atoms with Crippen LogP contribution < -0.4 is 4.90 Å². The molecule has 3 rings (SSSR count). The summed E-state index contributed by atoms with van der Waals surface area (Å²) in [5.74, 6) is 0.170. The summed E-state index contributed by atoms with van der Waals surface area (Å²) in [7, 11) is 3.99. The summed E-state index contributed by atoms with van der Waals surface area (Å²) in [6.07, 6.45) is 0.464. The molecule has 0 aliphatic carbocycles. The van der Waals surface area contributed by atoms with Gasteiger partial charge in [0.2, 0.25) is 0 Å². The maximum absolute atomic E-state index is 12.4. The lowest BCUT2D eigenvalue weighted by Crippen LogP contribution is -2.09. The zero-order valence-corrected chi connectivity index (χ0v) is 13.0. The Morgan fingerprint density at radius 3 is 2.48 bits per heavy atom. The number of hydrogen-bond donors (Lipinski definition) is 0.